The minimum absolute atomic E-state index is 0.882. The van der Waals surface area contributed by atoms with Crippen molar-refractivity contribution in [3.63, 3.8) is 0 Å². The molecule has 0 spiro atoms. The molecule has 0 aromatic carbocycles. The highest BCUT2D eigenvalue weighted by Crippen LogP contribution is 2.12. The van der Waals surface area contributed by atoms with Crippen LogP contribution in [0, 0.1) is 0 Å². The Morgan fingerprint density at radius 2 is 2.12 bits per heavy atom. The fourth-order valence-corrected chi connectivity index (χ4v) is 2.69. The van der Waals surface area contributed by atoms with Crippen molar-refractivity contribution in [1.82, 2.24) is 20.1 Å². The number of hydrogen-bond donors (Lipinski definition) is 1. The van der Waals surface area contributed by atoms with Gasteiger partial charge in [-0.25, -0.2) is 4.98 Å². The van der Waals surface area contributed by atoms with E-state index in [-0.39, 0.29) is 0 Å². The Bertz CT molecular complexity index is 318. The lowest BCUT2D eigenvalue weighted by Crippen LogP contribution is -2.43. The Balaban J connectivity index is 1.83. The average Bonchev–Trinajstić information content (AvgIpc) is 2.70. The first-order valence-corrected chi connectivity index (χ1v) is 6.64. The Hall–Kier alpha value is -0.490. The van der Waals surface area contributed by atoms with Crippen molar-refractivity contribution in [1.29, 1.82) is 0 Å². The van der Waals surface area contributed by atoms with Gasteiger partial charge in [-0.15, -0.1) is 11.3 Å². The second kappa shape index (κ2) is 5.72. The molecule has 0 amide bonds. The van der Waals surface area contributed by atoms with Crippen LogP contribution < -0.4 is 5.32 Å². The molecule has 1 aromatic rings. The van der Waals surface area contributed by atoms with Crippen LogP contribution in [-0.4, -0.2) is 55.1 Å². The van der Waals surface area contributed by atoms with Crippen LogP contribution in [-0.2, 0) is 13.1 Å². The maximum Gasteiger partial charge on any atom is 0.107 e. The number of rotatable bonds is 4. The average molecular weight is 240 g/mol. The maximum absolute atomic E-state index is 4.61. The third-order valence-corrected chi connectivity index (χ3v) is 3.81. The van der Waals surface area contributed by atoms with E-state index >= 15 is 0 Å². The van der Waals surface area contributed by atoms with Crippen molar-refractivity contribution in [3.05, 3.63) is 16.1 Å². The molecule has 4 nitrogen and oxygen atoms in total. The zero-order valence-corrected chi connectivity index (χ0v) is 10.9. The zero-order chi connectivity index (χ0) is 11.4. The van der Waals surface area contributed by atoms with Crippen LogP contribution in [0.1, 0.15) is 10.7 Å². The molecule has 5 heteroatoms. The van der Waals surface area contributed by atoms with Crippen molar-refractivity contribution in [2.24, 2.45) is 0 Å². The molecular weight excluding hydrogens is 220 g/mol. The summed E-state index contributed by atoms with van der Waals surface area (Å²) in [5.41, 5.74) is 1.22. The lowest BCUT2D eigenvalue weighted by Gasteiger charge is -2.31. The highest BCUT2D eigenvalue weighted by Gasteiger charge is 2.14. The summed E-state index contributed by atoms with van der Waals surface area (Å²) in [6.07, 6.45) is 0. The molecule has 1 saturated heterocycles. The van der Waals surface area contributed by atoms with Gasteiger partial charge in [-0.3, -0.25) is 4.90 Å². The molecule has 1 fully saturated rings. The minimum atomic E-state index is 0.882. The standard InChI is InChI=1S/C11H20N4S/c1-12-7-11-13-10(9-16-11)8-15-5-3-14(2)4-6-15/h9,12H,3-8H2,1-2H3. The number of thiazole rings is 1. The summed E-state index contributed by atoms with van der Waals surface area (Å²) in [5.74, 6) is 0. The summed E-state index contributed by atoms with van der Waals surface area (Å²) >= 11 is 1.75. The maximum atomic E-state index is 4.61. The van der Waals surface area contributed by atoms with Crippen LogP contribution in [0.2, 0.25) is 0 Å². The monoisotopic (exact) mass is 240 g/mol. The Morgan fingerprint density at radius 1 is 1.38 bits per heavy atom. The van der Waals surface area contributed by atoms with Gasteiger partial charge in [-0.2, -0.15) is 0 Å². The molecule has 0 radical (unpaired) electrons. The third-order valence-electron chi connectivity index (χ3n) is 2.91. The van der Waals surface area contributed by atoms with Crippen LogP contribution in [0.15, 0.2) is 5.38 Å². The van der Waals surface area contributed by atoms with E-state index < -0.39 is 0 Å². The summed E-state index contributed by atoms with van der Waals surface area (Å²) in [4.78, 5) is 9.48. The second-order valence-corrected chi connectivity index (χ2v) is 5.28. The van der Waals surface area contributed by atoms with Gasteiger partial charge in [0.25, 0.3) is 0 Å². The van der Waals surface area contributed by atoms with Crippen molar-refractivity contribution < 1.29 is 0 Å². The summed E-state index contributed by atoms with van der Waals surface area (Å²) in [5, 5.41) is 6.51. The molecule has 0 unspecified atom stereocenters. The Labute approximate surface area is 101 Å². The van der Waals surface area contributed by atoms with Crippen molar-refractivity contribution in [3.8, 4) is 0 Å². The topological polar surface area (TPSA) is 31.4 Å². The summed E-state index contributed by atoms with van der Waals surface area (Å²) in [6.45, 7) is 6.56. The van der Waals surface area contributed by atoms with E-state index in [1.54, 1.807) is 11.3 Å². The summed E-state index contributed by atoms with van der Waals surface area (Å²) in [7, 11) is 4.15. The largest absolute Gasteiger partial charge is 0.314 e. The molecule has 1 N–H and O–H groups in total. The number of nitrogens with zero attached hydrogens (tertiary/aromatic N) is 3. The number of aromatic nitrogens is 1. The first kappa shape index (κ1) is 12.0. The molecule has 1 aliphatic rings. The molecule has 0 bridgehead atoms. The summed E-state index contributed by atoms with van der Waals surface area (Å²) in [6, 6.07) is 0. The van der Waals surface area contributed by atoms with Crippen molar-refractivity contribution >= 4 is 11.3 Å². The molecule has 16 heavy (non-hydrogen) atoms. The van der Waals surface area contributed by atoms with Crippen LogP contribution in [0.5, 0.6) is 0 Å². The van der Waals surface area contributed by atoms with Gasteiger partial charge in [0.05, 0.1) is 5.69 Å². The lowest BCUT2D eigenvalue weighted by atomic mass is 10.3. The van der Waals surface area contributed by atoms with E-state index in [1.165, 1.54) is 23.8 Å². The summed E-state index contributed by atoms with van der Waals surface area (Å²) < 4.78 is 0. The molecule has 1 aliphatic heterocycles. The first-order valence-electron chi connectivity index (χ1n) is 5.76. The van der Waals surface area contributed by atoms with E-state index in [0.717, 1.165) is 26.2 Å². The Kier molecular flexibility index (Phi) is 4.29. The Morgan fingerprint density at radius 3 is 2.81 bits per heavy atom. The van der Waals surface area contributed by atoms with Gasteiger partial charge in [-0.1, -0.05) is 0 Å². The van der Waals surface area contributed by atoms with E-state index in [1.807, 2.05) is 7.05 Å². The van der Waals surface area contributed by atoms with Gasteiger partial charge >= 0.3 is 0 Å². The van der Waals surface area contributed by atoms with Crippen molar-refractivity contribution in [2.75, 3.05) is 40.3 Å². The third kappa shape index (κ3) is 3.25. The lowest BCUT2D eigenvalue weighted by molar-refractivity contribution is 0.147. The van der Waals surface area contributed by atoms with Crippen molar-refractivity contribution in [2.45, 2.75) is 13.1 Å². The normalized spacial score (nSPS) is 19.1. The first-order chi connectivity index (χ1) is 7.78. The van der Waals surface area contributed by atoms with Crippen LogP contribution in [0.4, 0.5) is 0 Å². The highest BCUT2D eigenvalue weighted by molar-refractivity contribution is 7.09. The van der Waals surface area contributed by atoms with E-state index in [2.05, 4.69) is 32.5 Å². The van der Waals surface area contributed by atoms with Crippen LogP contribution in [0.25, 0.3) is 0 Å². The van der Waals surface area contributed by atoms with Crippen LogP contribution in [0.3, 0.4) is 0 Å². The molecule has 1 aromatic heterocycles. The van der Waals surface area contributed by atoms with Gasteiger partial charge < -0.3 is 10.2 Å². The molecule has 90 valence electrons. The molecule has 2 heterocycles. The van der Waals surface area contributed by atoms with Gasteiger partial charge in [-0.05, 0) is 14.1 Å². The van der Waals surface area contributed by atoms with E-state index in [9.17, 15) is 0 Å². The van der Waals surface area contributed by atoms with E-state index in [4.69, 9.17) is 0 Å². The number of nitrogens with one attached hydrogen (secondary N) is 1. The number of likely N-dealkylation sites (N-methyl/N-ethyl adjacent to an activating group) is 1. The SMILES string of the molecule is CNCc1nc(CN2CCN(C)CC2)cs1. The van der Waals surface area contributed by atoms with E-state index in [0.29, 0.717) is 0 Å². The predicted octanol–water partition coefficient (Wildman–Crippen LogP) is 0.610. The second-order valence-electron chi connectivity index (χ2n) is 4.34. The van der Waals surface area contributed by atoms with Gasteiger partial charge in [0.2, 0.25) is 0 Å². The highest BCUT2D eigenvalue weighted by atomic mass is 32.1. The molecule has 0 saturated carbocycles. The van der Waals surface area contributed by atoms with Gasteiger partial charge in [0.15, 0.2) is 0 Å². The predicted molar refractivity (Wildman–Crippen MR) is 67.7 cm³/mol. The van der Waals surface area contributed by atoms with Crippen LogP contribution >= 0.6 is 11.3 Å². The molecule has 0 atom stereocenters. The number of piperazine rings is 1. The van der Waals surface area contributed by atoms with Gasteiger partial charge in [0.1, 0.15) is 5.01 Å². The minimum Gasteiger partial charge on any atom is -0.314 e. The fraction of sp³-hybridized carbons (Fsp3) is 0.727. The molecule has 0 aliphatic carbocycles. The molecule has 2 rings (SSSR count). The smallest absolute Gasteiger partial charge is 0.107 e. The fourth-order valence-electron chi connectivity index (χ4n) is 1.89. The van der Waals surface area contributed by atoms with Gasteiger partial charge in [0, 0.05) is 44.6 Å². The quantitative estimate of drug-likeness (QED) is 0.835. The molecular formula is C11H20N4S. The zero-order valence-electron chi connectivity index (χ0n) is 10.1. The number of hydrogen-bond acceptors (Lipinski definition) is 5.